The lowest BCUT2D eigenvalue weighted by atomic mass is 10.1. The third kappa shape index (κ3) is 6.92. The van der Waals surface area contributed by atoms with Crippen LogP contribution in [0.4, 0.5) is 0 Å². The second kappa shape index (κ2) is 11.2. The number of benzene rings is 2. The molecule has 0 fully saturated rings. The van der Waals surface area contributed by atoms with Crippen molar-refractivity contribution in [1.82, 2.24) is 0 Å². The summed E-state index contributed by atoms with van der Waals surface area (Å²) < 4.78 is 16.4. The van der Waals surface area contributed by atoms with Gasteiger partial charge in [-0.15, -0.1) is 0 Å². The molecule has 0 amide bonds. The summed E-state index contributed by atoms with van der Waals surface area (Å²) in [6.07, 6.45) is 6.31. The molecule has 0 aliphatic carbocycles. The van der Waals surface area contributed by atoms with Crippen molar-refractivity contribution in [2.24, 2.45) is 0 Å². The molecule has 0 heterocycles. The van der Waals surface area contributed by atoms with Crippen LogP contribution in [0.3, 0.4) is 0 Å². The summed E-state index contributed by atoms with van der Waals surface area (Å²) in [6.45, 7) is 7.52. The normalized spacial score (nSPS) is 10.3. The van der Waals surface area contributed by atoms with E-state index in [4.69, 9.17) is 14.2 Å². The van der Waals surface area contributed by atoms with Gasteiger partial charge >= 0.3 is 0 Å². The average Bonchev–Trinajstić information content (AvgIpc) is 2.66. The van der Waals surface area contributed by atoms with E-state index in [2.05, 4.69) is 37.8 Å². The molecule has 0 saturated heterocycles. The van der Waals surface area contributed by atoms with Gasteiger partial charge in [-0.3, -0.25) is 0 Å². The van der Waals surface area contributed by atoms with Gasteiger partial charge in [0.15, 0.2) is 0 Å². The van der Waals surface area contributed by atoms with E-state index >= 15 is 0 Å². The molecular formula is C22H28O3. The fraction of sp³-hybridized carbons (Fsp3) is 0.364. The van der Waals surface area contributed by atoms with Crippen LogP contribution in [0.25, 0.3) is 11.1 Å². The van der Waals surface area contributed by atoms with Gasteiger partial charge in [-0.25, -0.2) is 0 Å². The highest BCUT2D eigenvalue weighted by molar-refractivity contribution is 5.64. The van der Waals surface area contributed by atoms with Gasteiger partial charge in [0.1, 0.15) is 24.7 Å². The van der Waals surface area contributed by atoms with Crippen molar-refractivity contribution in [3.8, 4) is 22.6 Å². The number of unbranched alkanes of at least 4 members (excludes halogenated alkanes) is 3. The molecule has 0 aliphatic heterocycles. The van der Waals surface area contributed by atoms with Crippen LogP contribution in [0.2, 0.25) is 0 Å². The van der Waals surface area contributed by atoms with Crippen molar-refractivity contribution in [2.75, 3.05) is 19.8 Å². The topological polar surface area (TPSA) is 27.7 Å². The fourth-order valence-electron chi connectivity index (χ4n) is 2.50. The van der Waals surface area contributed by atoms with Crippen molar-refractivity contribution >= 4 is 0 Å². The van der Waals surface area contributed by atoms with Crippen LogP contribution >= 0.6 is 0 Å². The molecular weight excluding hydrogens is 312 g/mol. The largest absolute Gasteiger partial charge is 0.498 e. The first-order valence-corrected chi connectivity index (χ1v) is 9.02. The maximum atomic E-state index is 5.79. The minimum Gasteiger partial charge on any atom is -0.498 e. The molecule has 2 aromatic rings. The first-order valence-electron chi connectivity index (χ1n) is 9.02. The van der Waals surface area contributed by atoms with Crippen molar-refractivity contribution in [3.63, 3.8) is 0 Å². The van der Waals surface area contributed by atoms with Gasteiger partial charge in [-0.1, -0.05) is 57.0 Å². The molecule has 134 valence electrons. The molecule has 0 radical (unpaired) electrons. The average molecular weight is 340 g/mol. The molecule has 0 N–H and O–H groups in total. The van der Waals surface area contributed by atoms with Gasteiger partial charge in [-0.2, -0.15) is 0 Å². The third-order valence-electron chi connectivity index (χ3n) is 3.90. The zero-order valence-electron chi connectivity index (χ0n) is 15.1. The molecule has 3 heteroatoms. The quantitative estimate of drug-likeness (QED) is 0.358. The van der Waals surface area contributed by atoms with Gasteiger partial charge in [0.2, 0.25) is 0 Å². The predicted molar refractivity (Wildman–Crippen MR) is 103 cm³/mol. The third-order valence-corrected chi connectivity index (χ3v) is 3.90. The Kier molecular flexibility index (Phi) is 8.46. The van der Waals surface area contributed by atoms with E-state index < -0.39 is 0 Å². The molecule has 0 atom stereocenters. The molecule has 0 bridgehead atoms. The van der Waals surface area contributed by atoms with E-state index in [0.717, 1.165) is 30.1 Å². The Balaban J connectivity index is 1.81. The molecule has 0 unspecified atom stereocenters. The second-order valence-electron chi connectivity index (χ2n) is 5.84. The number of ether oxygens (including phenoxy) is 3. The van der Waals surface area contributed by atoms with Crippen molar-refractivity contribution < 1.29 is 14.2 Å². The Bertz CT molecular complexity index is 602. The number of rotatable bonds is 12. The first kappa shape index (κ1) is 18.9. The number of hydrogen-bond acceptors (Lipinski definition) is 3. The van der Waals surface area contributed by atoms with E-state index in [1.165, 1.54) is 31.1 Å². The Labute approximate surface area is 151 Å². The van der Waals surface area contributed by atoms with E-state index in [1.54, 1.807) is 0 Å². The highest BCUT2D eigenvalue weighted by Gasteiger charge is 2.00. The standard InChI is InChI=1S/C22H28O3/c1-3-5-6-7-16-24-21-12-8-19(9-13-21)20-10-14-22(15-11-20)25-18-17-23-4-2/h4,8-15H,2-3,5-7,16-18H2,1H3. The van der Waals surface area contributed by atoms with Crippen molar-refractivity contribution in [1.29, 1.82) is 0 Å². The van der Waals surface area contributed by atoms with Crippen LogP contribution in [0, 0.1) is 0 Å². The summed E-state index contributed by atoms with van der Waals surface area (Å²) >= 11 is 0. The van der Waals surface area contributed by atoms with Gasteiger partial charge < -0.3 is 14.2 Å². The van der Waals surface area contributed by atoms with Crippen LogP contribution in [0.5, 0.6) is 11.5 Å². The molecule has 0 saturated carbocycles. The zero-order chi connectivity index (χ0) is 17.7. The summed E-state index contributed by atoms with van der Waals surface area (Å²) in [4.78, 5) is 0. The Morgan fingerprint density at radius 2 is 1.28 bits per heavy atom. The molecule has 3 nitrogen and oxygen atoms in total. The summed E-state index contributed by atoms with van der Waals surface area (Å²) in [5.74, 6) is 1.77. The van der Waals surface area contributed by atoms with Gasteiger partial charge in [0.05, 0.1) is 12.9 Å². The minimum atomic E-state index is 0.505. The highest BCUT2D eigenvalue weighted by atomic mass is 16.5. The monoisotopic (exact) mass is 340 g/mol. The maximum Gasteiger partial charge on any atom is 0.122 e. The Morgan fingerprint density at radius 1 is 0.720 bits per heavy atom. The van der Waals surface area contributed by atoms with Crippen LogP contribution < -0.4 is 9.47 Å². The van der Waals surface area contributed by atoms with Crippen molar-refractivity contribution in [3.05, 3.63) is 61.4 Å². The van der Waals surface area contributed by atoms with E-state index in [1.807, 2.05) is 24.3 Å². The van der Waals surface area contributed by atoms with Gasteiger partial charge in [0, 0.05) is 0 Å². The molecule has 2 rings (SSSR count). The molecule has 0 aromatic heterocycles. The predicted octanol–water partition coefficient (Wildman–Crippen LogP) is 5.85. The Morgan fingerprint density at radius 3 is 1.80 bits per heavy atom. The lowest BCUT2D eigenvalue weighted by Crippen LogP contribution is -2.03. The second-order valence-corrected chi connectivity index (χ2v) is 5.84. The van der Waals surface area contributed by atoms with Crippen LogP contribution in [-0.4, -0.2) is 19.8 Å². The lowest BCUT2D eigenvalue weighted by molar-refractivity contribution is 0.179. The van der Waals surface area contributed by atoms with Crippen LogP contribution in [0.15, 0.2) is 61.4 Å². The van der Waals surface area contributed by atoms with E-state index in [9.17, 15) is 0 Å². The molecule has 25 heavy (non-hydrogen) atoms. The first-order chi connectivity index (χ1) is 12.3. The zero-order valence-corrected chi connectivity index (χ0v) is 15.1. The molecule has 2 aromatic carbocycles. The maximum absolute atomic E-state index is 5.79. The van der Waals surface area contributed by atoms with Crippen LogP contribution in [0.1, 0.15) is 32.6 Å². The minimum absolute atomic E-state index is 0.505. The summed E-state index contributed by atoms with van der Waals surface area (Å²) in [5.41, 5.74) is 2.32. The van der Waals surface area contributed by atoms with E-state index in [0.29, 0.717) is 13.2 Å². The van der Waals surface area contributed by atoms with Crippen molar-refractivity contribution in [2.45, 2.75) is 32.6 Å². The fourth-order valence-corrected chi connectivity index (χ4v) is 2.50. The Hall–Kier alpha value is -2.42. The van der Waals surface area contributed by atoms with Gasteiger partial charge in [-0.05, 0) is 41.8 Å². The molecule has 0 spiro atoms. The highest BCUT2D eigenvalue weighted by Crippen LogP contribution is 2.24. The molecule has 0 aliphatic rings. The number of hydrogen-bond donors (Lipinski definition) is 0. The summed E-state index contributed by atoms with van der Waals surface area (Å²) in [6, 6.07) is 16.3. The summed E-state index contributed by atoms with van der Waals surface area (Å²) in [5, 5.41) is 0. The van der Waals surface area contributed by atoms with E-state index in [-0.39, 0.29) is 0 Å². The van der Waals surface area contributed by atoms with Gasteiger partial charge in [0.25, 0.3) is 0 Å². The SMILES string of the molecule is C=COCCOc1ccc(-c2ccc(OCCCCCC)cc2)cc1. The summed E-state index contributed by atoms with van der Waals surface area (Å²) in [7, 11) is 0. The van der Waals surface area contributed by atoms with Crippen LogP contribution in [-0.2, 0) is 4.74 Å². The smallest absolute Gasteiger partial charge is 0.122 e. The lowest BCUT2D eigenvalue weighted by Gasteiger charge is -2.09.